The molecule has 3 rings (SSSR count). The smallest absolute Gasteiger partial charge is 0.147 e. The fraction of sp³-hybridized carbons (Fsp3) is 0.421. The number of hydrogen-bond acceptors (Lipinski definition) is 4. The van der Waals surface area contributed by atoms with Crippen molar-refractivity contribution in [3.8, 4) is 0 Å². The summed E-state index contributed by atoms with van der Waals surface area (Å²) < 4.78 is 0. The molecule has 0 radical (unpaired) electrons. The molecular formula is C19H26ClN3S2. The van der Waals surface area contributed by atoms with Gasteiger partial charge in [-0.2, -0.15) is 0 Å². The summed E-state index contributed by atoms with van der Waals surface area (Å²) in [6.07, 6.45) is 3.18. The molecule has 0 amide bonds. The summed E-state index contributed by atoms with van der Waals surface area (Å²) in [5.74, 6) is 3.27. The van der Waals surface area contributed by atoms with Crippen LogP contribution in [0.1, 0.15) is 20.3 Å². The van der Waals surface area contributed by atoms with Gasteiger partial charge in [-0.1, -0.05) is 23.9 Å². The van der Waals surface area contributed by atoms with E-state index >= 15 is 0 Å². The summed E-state index contributed by atoms with van der Waals surface area (Å²) in [4.78, 5) is 11.3. The number of fused-ring (bicyclic) bond motifs is 2. The third kappa shape index (κ3) is 5.07. The van der Waals surface area contributed by atoms with Crippen LogP contribution >= 0.6 is 23.5 Å². The fourth-order valence-corrected chi connectivity index (χ4v) is 4.97. The van der Waals surface area contributed by atoms with E-state index in [-0.39, 0.29) is 12.4 Å². The lowest BCUT2D eigenvalue weighted by atomic mass is 10.3. The Labute approximate surface area is 166 Å². The van der Waals surface area contributed by atoms with Crippen LogP contribution in [0.3, 0.4) is 0 Å². The molecule has 0 atom stereocenters. The third-order valence-electron chi connectivity index (χ3n) is 4.42. The third-order valence-corrected chi connectivity index (χ3v) is 6.54. The van der Waals surface area contributed by atoms with Crippen LogP contribution in [0.2, 0.25) is 0 Å². The van der Waals surface area contributed by atoms with Crippen molar-refractivity contribution in [3.63, 3.8) is 0 Å². The number of rotatable bonds is 8. The molecule has 1 aliphatic rings. The van der Waals surface area contributed by atoms with Crippen LogP contribution in [0.25, 0.3) is 0 Å². The summed E-state index contributed by atoms with van der Waals surface area (Å²) in [6, 6.07) is 12.8. The number of hydrogen-bond donors (Lipinski definition) is 1. The van der Waals surface area contributed by atoms with Gasteiger partial charge in [0, 0.05) is 23.3 Å². The largest absolute Gasteiger partial charge is 1.00 e. The van der Waals surface area contributed by atoms with Gasteiger partial charge in [-0.3, -0.25) is 0 Å². The molecule has 2 heterocycles. The summed E-state index contributed by atoms with van der Waals surface area (Å²) in [5.41, 5.74) is 1.29. The minimum atomic E-state index is 0. The lowest BCUT2D eigenvalue weighted by molar-refractivity contribution is -0.896. The minimum absolute atomic E-state index is 0. The summed E-state index contributed by atoms with van der Waals surface area (Å²) >= 11 is 3.84. The molecule has 1 aliphatic heterocycles. The maximum atomic E-state index is 4.64. The Kier molecular flexibility index (Phi) is 8.43. The van der Waals surface area contributed by atoms with E-state index in [1.807, 2.05) is 35.8 Å². The number of nitrogens with zero attached hydrogens (tertiary/aromatic N) is 2. The Bertz CT molecular complexity index is 619. The second-order valence-electron chi connectivity index (χ2n) is 5.92. The highest BCUT2D eigenvalue weighted by molar-refractivity contribution is 8.00. The Balaban J connectivity index is 0.00000225. The highest BCUT2D eigenvalue weighted by Gasteiger charge is 2.23. The van der Waals surface area contributed by atoms with Gasteiger partial charge in [-0.05, 0) is 38.1 Å². The van der Waals surface area contributed by atoms with Crippen molar-refractivity contribution < 1.29 is 17.3 Å². The van der Waals surface area contributed by atoms with Gasteiger partial charge >= 0.3 is 0 Å². The number of benzene rings is 1. The Morgan fingerprint density at radius 2 is 1.84 bits per heavy atom. The average Bonchev–Trinajstić information content (AvgIpc) is 2.64. The zero-order valence-corrected chi connectivity index (χ0v) is 17.3. The Hall–Kier alpha value is -0.880. The normalized spacial score (nSPS) is 12.5. The summed E-state index contributed by atoms with van der Waals surface area (Å²) in [7, 11) is 0. The SMILES string of the molecule is CC[NH+](CC)CCCSCN1c2ccccc2Sc2cccnc21.[Cl-]. The molecule has 0 unspecified atom stereocenters. The predicted octanol–water partition coefficient (Wildman–Crippen LogP) is 0.694. The topological polar surface area (TPSA) is 20.6 Å². The first-order valence-electron chi connectivity index (χ1n) is 8.74. The van der Waals surface area contributed by atoms with E-state index in [1.54, 1.807) is 4.90 Å². The maximum Gasteiger partial charge on any atom is 0.147 e. The second-order valence-corrected chi connectivity index (χ2v) is 8.08. The number of anilines is 2. The average molecular weight is 396 g/mol. The molecule has 6 heteroatoms. The first kappa shape index (κ1) is 20.4. The van der Waals surface area contributed by atoms with Crippen LogP contribution in [0, 0.1) is 0 Å². The molecule has 3 nitrogen and oxygen atoms in total. The lowest BCUT2D eigenvalue weighted by Gasteiger charge is -2.31. The van der Waals surface area contributed by atoms with Crippen LogP contribution in [-0.4, -0.2) is 36.2 Å². The predicted molar refractivity (Wildman–Crippen MR) is 106 cm³/mol. The van der Waals surface area contributed by atoms with Crippen LogP contribution in [0.5, 0.6) is 0 Å². The van der Waals surface area contributed by atoms with Crippen LogP contribution in [0.4, 0.5) is 11.5 Å². The first-order valence-corrected chi connectivity index (χ1v) is 10.7. The molecule has 0 aliphatic carbocycles. The minimum Gasteiger partial charge on any atom is -1.00 e. The second kappa shape index (κ2) is 10.3. The monoisotopic (exact) mass is 395 g/mol. The zero-order valence-electron chi connectivity index (χ0n) is 14.9. The van der Waals surface area contributed by atoms with E-state index in [2.05, 4.69) is 54.1 Å². The van der Waals surface area contributed by atoms with Gasteiger partial charge in [0.05, 0.1) is 36.1 Å². The van der Waals surface area contributed by atoms with Crippen LogP contribution < -0.4 is 22.2 Å². The molecule has 0 bridgehead atoms. The molecule has 1 aromatic heterocycles. The zero-order chi connectivity index (χ0) is 16.8. The molecular weight excluding hydrogens is 370 g/mol. The van der Waals surface area contributed by atoms with Gasteiger partial charge in [-0.25, -0.2) is 4.98 Å². The number of quaternary nitrogens is 1. The highest BCUT2D eigenvalue weighted by Crippen LogP contribution is 2.47. The van der Waals surface area contributed by atoms with Crippen molar-refractivity contribution in [2.45, 2.75) is 30.1 Å². The number of aromatic nitrogens is 1. The molecule has 0 fully saturated rings. The van der Waals surface area contributed by atoms with E-state index in [1.165, 1.54) is 47.3 Å². The molecule has 1 N–H and O–H groups in total. The molecule has 0 spiro atoms. The number of halogens is 1. The van der Waals surface area contributed by atoms with Crippen LogP contribution in [0.15, 0.2) is 52.4 Å². The van der Waals surface area contributed by atoms with Gasteiger partial charge in [0.1, 0.15) is 5.82 Å². The summed E-state index contributed by atoms with van der Waals surface area (Å²) in [6.45, 7) is 8.29. The standard InChI is InChI=1S/C19H25N3S2.ClH/c1-3-21(4-2)13-8-14-23-15-22-16-9-5-6-10-17(16)24-18-11-7-12-20-19(18)22;/h5-7,9-12H,3-4,8,13-15H2,1-2H3;1H. The number of pyridine rings is 1. The van der Waals surface area contributed by atoms with Crippen molar-refractivity contribution >= 4 is 35.0 Å². The first-order chi connectivity index (χ1) is 11.8. The van der Waals surface area contributed by atoms with Gasteiger partial charge in [0.2, 0.25) is 0 Å². The Morgan fingerprint density at radius 3 is 2.64 bits per heavy atom. The summed E-state index contributed by atoms with van der Waals surface area (Å²) in [5, 5.41) is 0. The van der Waals surface area contributed by atoms with Crippen LogP contribution in [-0.2, 0) is 0 Å². The molecule has 0 saturated carbocycles. The van der Waals surface area contributed by atoms with Crippen molar-refractivity contribution in [1.82, 2.24) is 4.98 Å². The van der Waals surface area contributed by atoms with E-state index in [9.17, 15) is 0 Å². The fourth-order valence-electron chi connectivity index (χ4n) is 2.98. The van der Waals surface area contributed by atoms with Crippen molar-refractivity contribution in [2.24, 2.45) is 0 Å². The number of nitrogens with one attached hydrogen (secondary N) is 1. The van der Waals surface area contributed by atoms with E-state index in [0.717, 1.165) is 11.7 Å². The Morgan fingerprint density at radius 1 is 1.08 bits per heavy atom. The molecule has 2 aromatic rings. The number of thioether (sulfide) groups is 1. The van der Waals surface area contributed by atoms with Gasteiger partial charge in [0.15, 0.2) is 0 Å². The van der Waals surface area contributed by atoms with Gasteiger partial charge < -0.3 is 22.2 Å². The van der Waals surface area contributed by atoms with Crippen molar-refractivity contribution in [1.29, 1.82) is 0 Å². The molecule has 25 heavy (non-hydrogen) atoms. The molecule has 136 valence electrons. The van der Waals surface area contributed by atoms with E-state index < -0.39 is 0 Å². The molecule has 0 saturated heterocycles. The van der Waals surface area contributed by atoms with E-state index in [0.29, 0.717) is 0 Å². The highest BCUT2D eigenvalue weighted by atomic mass is 35.5. The van der Waals surface area contributed by atoms with Gasteiger partial charge in [0.25, 0.3) is 0 Å². The van der Waals surface area contributed by atoms with Gasteiger partial charge in [-0.15, -0.1) is 11.8 Å². The van der Waals surface area contributed by atoms with Crippen molar-refractivity contribution in [2.75, 3.05) is 36.2 Å². The maximum absolute atomic E-state index is 4.64. The van der Waals surface area contributed by atoms with E-state index in [4.69, 9.17) is 0 Å². The lowest BCUT2D eigenvalue weighted by Crippen LogP contribution is -3.11. The quantitative estimate of drug-likeness (QED) is 0.663. The van der Waals surface area contributed by atoms with Crippen molar-refractivity contribution in [3.05, 3.63) is 42.6 Å². The molecule has 1 aromatic carbocycles. The number of para-hydroxylation sites is 1.